The van der Waals surface area contributed by atoms with Crippen molar-refractivity contribution in [1.82, 2.24) is 4.90 Å². The van der Waals surface area contributed by atoms with E-state index in [2.05, 4.69) is 33.8 Å². The van der Waals surface area contributed by atoms with E-state index in [1.807, 2.05) is 25.9 Å². The maximum absolute atomic E-state index is 10.4. The molecule has 20 heavy (non-hydrogen) atoms. The number of hydrogen-bond donors (Lipinski definition) is 1. The van der Waals surface area contributed by atoms with Crippen molar-refractivity contribution in [3.8, 4) is 5.75 Å². The molecule has 4 heteroatoms. The molecule has 0 unspecified atom stereocenters. The van der Waals surface area contributed by atoms with Crippen LogP contribution in [0.1, 0.15) is 43.0 Å². The second kappa shape index (κ2) is 6.35. The van der Waals surface area contributed by atoms with Gasteiger partial charge in [0.15, 0.2) is 0 Å². The van der Waals surface area contributed by atoms with Gasteiger partial charge in [-0.25, -0.2) is 0 Å². The van der Waals surface area contributed by atoms with Crippen LogP contribution in [-0.4, -0.2) is 28.4 Å². The second-order valence-corrected chi connectivity index (χ2v) is 7.99. The van der Waals surface area contributed by atoms with Crippen LogP contribution in [0.5, 0.6) is 5.75 Å². The van der Waals surface area contributed by atoms with Crippen LogP contribution in [0.4, 0.5) is 0 Å². The number of rotatable bonds is 2. The molecule has 0 bridgehead atoms. The Morgan fingerprint density at radius 2 is 1.80 bits per heavy atom. The smallest absolute Gasteiger partial charge is 0.136 e. The van der Waals surface area contributed by atoms with Crippen LogP contribution in [0, 0.1) is 13.8 Å². The summed E-state index contributed by atoms with van der Waals surface area (Å²) in [6, 6.07) is 2.13. The number of aromatic hydroxyl groups is 1. The van der Waals surface area contributed by atoms with Crippen molar-refractivity contribution in [2.24, 2.45) is 0 Å². The number of phenols is 1. The zero-order valence-corrected chi connectivity index (χ0v) is 15.1. The summed E-state index contributed by atoms with van der Waals surface area (Å²) >= 11 is 6.99. The zero-order chi connectivity index (χ0) is 15.7. The minimum absolute atomic E-state index is 0.0655. The van der Waals surface area contributed by atoms with Crippen molar-refractivity contribution in [3.05, 3.63) is 28.3 Å². The average molecular weight is 312 g/mol. The van der Waals surface area contributed by atoms with E-state index < -0.39 is 0 Å². The van der Waals surface area contributed by atoms with E-state index in [-0.39, 0.29) is 5.41 Å². The van der Waals surface area contributed by atoms with Crippen LogP contribution in [-0.2, 0) is 11.2 Å². The van der Waals surface area contributed by atoms with E-state index >= 15 is 0 Å². The van der Waals surface area contributed by atoms with Crippen LogP contribution in [0.3, 0.4) is 0 Å². The Morgan fingerprint density at radius 1 is 1.25 bits per heavy atom. The van der Waals surface area contributed by atoms with Crippen molar-refractivity contribution in [1.29, 1.82) is 0 Å². The Kier molecular flexibility index (Phi) is 5.50. The molecule has 0 aromatic heterocycles. The normalized spacial score (nSPS) is 11.6. The molecule has 0 atom stereocenters. The lowest BCUT2D eigenvalue weighted by Gasteiger charge is -2.24. The predicted octanol–water partition coefficient (Wildman–Crippen LogP) is 4.39. The summed E-state index contributed by atoms with van der Waals surface area (Å²) in [6.07, 6.45) is 0. The topological polar surface area (TPSA) is 23.5 Å². The molecule has 0 fully saturated rings. The van der Waals surface area contributed by atoms with Crippen molar-refractivity contribution in [2.45, 2.75) is 45.8 Å². The minimum Gasteiger partial charge on any atom is -0.507 e. The summed E-state index contributed by atoms with van der Waals surface area (Å²) < 4.78 is 0.882. The number of hydrogen-bond acceptors (Lipinski definition) is 3. The molecule has 0 aliphatic carbocycles. The third-order valence-corrected chi connectivity index (χ3v) is 5.28. The summed E-state index contributed by atoms with van der Waals surface area (Å²) in [4.78, 5) is 1.95. The van der Waals surface area contributed by atoms with Gasteiger partial charge < -0.3 is 10.0 Å². The molecular weight excluding hydrogens is 286 g/mol. The lowest BCUT2D eigenvalue weighted by atomic mass is 9.83. The van der Waals surface area contributed by atoms with Gasteiger partial charge in [0.05, 0.1) is 0 Å². The first-order chi connectivity index (χ1) is 9.05. The average Bonchev–Trinajstić information content (AvgIpc) is 2.33. The predicted molar refractivity (Wildman–Crippen MR) is 93.9 cm³/mol. The van der Waals surface area contributed by atoms with Gasteiger partial charge in [-0.2, -0.15) is 0 Å². The molecule has 0 amide bonds. The van der Waals surface area contributed by atoms with Gasteiger partial charge in [0, 0.05) is 19.8 Å². The SMILES string of the molecule is Cc1c(CSC(=S)N(C)C)cc(C(C)(C)C)c(O)c1C. The Bertz CT molecular complexity index is 516. The number of thiocarbonyl (C=S) groups is 1. The highest BCUT2D eigenvalue weighted by Crippen LogP contribution is 2.37. The third-order valence-electron chi connectivity index (χ3n) is 3.50. The van der Waals surface area contributed by atoms with Gasteiger partial charge >= 0.3 is 0 Å². The maximum atomic E-state index is 10.4. The number of nitrogens with zero attached hydrogens (tertiary/aromatic N) is 1. The standard InChI is InChI=1S/C16H25NOS2/c1-10-11(2)14(18)13(16(3,4)5)8-12(10)9-20-15(19)17(6)7/h8,18H,9H2,1-7H3. The molecule has 0 heterocycles. The Balaban J connectivity index is 3.15. The quantitative estimate of drug-likeness (QED) is 0.819. The van der Waals surface area contributed by atoms with E-state index in [4.69, 9.17) is 12.2 Å². The van der Waals surface area contributed by atoms with Gasteiger partial charge in [-0.1, -0.05) is 50.8 Å². The summed E-state index contributed by atoms with van der Waals surface area (Å²) in [5, 5.41) is 10.4. The lowest BCUT2D eigenvalue weighted by molar-refractivity contribution is 0.442. The first-order valence-corrected chi connectivity index (χ1v) is 8.11. The third kappa shape index (κ3) is 3.89. The van der Waals surface area contributed by atoms with Gasteiger partial charge in [-0.3, -0.25) is 0 Å². The van der Waals surface area contributed by atoms with Crippen LogP contribution < -0.4 is 0 Å². The van der Waals surface area contributed by atoms with E-state index in [1.54, 1.807) is 11.8 Å². The van der Waals surface area contributed by atoms with Gasteiger partial charge in [0.2, 0.25) is 0 Å². The van der Waals surface area contributed by atoms with E-state index in [9.17, 15) is 5.11 Å². The summed E-state index contributed by atoms with van der Waals surface area (Å²) in [6.45, 7) is 10.4. The lowest BCUT2D eigenvalue weighted by Crippen LogP contribution is -2.16. The minimum atomic E-state index is -0.0655. The fraction of sp³-hybridized carbons (Fsp3) is 0.562. The largest absolute Gasteiger partial charge is 0.507 e. The van der Waals surface area contributed by atoms with E-state index in [0.717, 1.165) is 26.8 Å². The highest BCUT2D eigenvalue weighted by molar-refractivity contribution is 8.22. The zero-order valence-electron chi connectivity index (χ0n) is 13.5. The van der Waals surface area contributed by atoms with Gasteiger partial charge in [-0.05, 0) is 41.5 Å². The maximum Gasteiger partial charge on any atom is 0.136 e. The molecule has 1 rings (SSSR count). The van der Waals surface area contributed by atoms with E-state index in [0.29, 0.717) is 5.75 Å². The van der Waals surface area contributed by atoms with Crippen molar-refractivity contribution < 1.29 is 5.11 Å². The van der Waals surface area contributed by atoms with Crippen molar-refractivity contribution in [2.75, 3.05) is 14.1 Å². The highest BCUT2D eigenvalue weighted by atomic mass is 32.2. The molecule has 2 nitrogen and oxygen atoms in total. The fourth-order valence-corrected chi connectivity index (χ4v) is 2.98. The van der Waals surface area contributed by atoms with Crippen molar-refractivity contribution in [3.63, 3.8) is 0 Å². The number of benzene rings is 1. The molecule has 0 radical (unpaired) electrons. The molecule has 0 aliphatic heterocycles. The second-order valence-electron chi connectivity index (χ2n) is 6.38. The van der Waals surface area contributed by atoms with Crippen LogP contribution in [0.15, 0.2) is 6.07 Å². The molecule has 112 valence electrons. The molecule has 1 aromatic rings. The summed E-state index contributed by atoms with van der Waals surface area (Å²) in [7, 11) is 3.93. The van der Waals surface area contributed by atoms with Gasteiger partial charge in [-0.15, -0.1) is 0 Å². The van der Waals surface area contributed by atoms with Gasteiger partial charge in [0.1, 0.15) is 10.1 Å². The Hall–Kier alpha value is -0.740. The summed E-state index contributed by atoms with van der Waals surface area (Å²) in [5.41, 5.74) is 4.32. The van der Waals surface area contributed by atoms with Gasteiger partial charge in [0.25, 0.3) is 0 Å². The molecular formula is C16H25NOS2. The molecule has 0 saturated heterocycles. The Labute approximate surface area is 132 Å². The highest BCUT2D eigenvalue weighted by Gasteiger charge is 2.22. The summed E-state index contributed by atoms with van der Waals surface area (Å²) in [5.74, 6) is 1.27. The van der Waals surface area contributed by atoms with Crippen LogP contribution >= 0.6 is 24.0 Å². The van der Waals surface area contributed by atoms with Crippen LogP contribution in [0.2, 0.25) is 0 Å². The molecule has 0 saturated carbocycles. The van der Waals surface area contributed by atoms with Crippen LogP contribution in [0.25, 0.3) is 0 Å². The monoisotopic (exact) mass is 311 g/mol. The van der Waals surface area contributed by atoms with Crippen molar-refractivity contribution >= 4 is 28.3 Å². The van der Waals surface area contributed by atoms with E-state index in [1.165, 1.54) is 5.56 Å². The molecule has 0 spiro atoms. The molecule has 0 aliphatic rings. The number of phenolic OH excluding ortho intramolecular Hbond substituents is 1. The first-order valence-electron chi connectivity index (χ1n) is 6.72. The fourth-order valence-electron chi connectivity index (χ4n) is 1.96. The Morgan fingerprint density at radius 3 is 2.25 bits per heavy atom. The molecule has 1 aromatic carbocycles. The first kappa shape index (κ1) is 17.3. The number of thioether (sulfide) groups is 1. The molecule has 1 N–H and O–H groups in total.